The summed E-state index contributed by atoms with van der Waals surface area (Å²) in [5.74, 6) is 0.563. The lowest BCUT2D eigenvalue weighted by molar-refractivity contribution is 0.459. The van der Waals surface area contributed by atoms with Crippen LogP contribution in [0.5, 0.6) is 0 Å². The summed E-state index contributed by atoms with van der Waals surface area (Å²) in [6.45, 7) is 6.32. The Bertz CT molecular complexity index is 193. The van der Waals surface area contributed by atoms with Gasteiger partial charge < -0.3 is 5.32 Å². The fraction of sp³-hybridized carbons (Fsp3) is 1.00. The van der Waals surface area contributed by atoms with Crippen molar-refractivity contribution in [2.45, 2.75) is 50.2 Å². The fourth-order valence-electron chi connectivity index (χ4n) is 2.21. The van der Waals surface area contributed by atoms with Gasteiger partial charge in [-0.2, -0.15) is 0 Å². The average molecular weight is 203 g/mol. The Balaban J connectivity index is 2.59. The van der Waals surface area contributed by atoms with Crippen LogP contribution in [-0.4, -0.2) is 27.8 Å². The molecule has 0 spiro atoms. The van der Waals surface area contributed by atoms with Gasteiger partial charge in [0.1, 0.15) is 0 Å². The van der Waals surface area contributed by atoms with E-state index >= 15 is 0 Å². The molecular formula is C10H21NOS. The summed E-state index contributed by atoms with van der Waals surface area (Å²) >= 11 is 0. The molecule has 1 rings (SSSR count). The van der Waals surface area contributed by atoms with Crippen molar-refractivity contribution in [2.75, 3.05) is 7.05 Å². The third-order valence-electron chi connectivity index (χ3n) is 3.12. The van der Waals surface area contributed by atoms with E-state index in [1.165, 1.54) is 6.42 Å². The van der Waals surface area contributed by atoms with Crippen molar-refractivity contribution >= 4 is 10.8 Å². The number of rotatable bonds is 3. The second-order valence-corrected chi connectivity index (χ2v) is 6.45. The van der Waals surface area contributed by atoms with Gasteiger partial charge in [0.05, 0.1) is 0 Å². The number of hydrogen-bond acceptors (Lipinski definition) is 2. The summed E-state index contributed by atoms with van der Waals surface area (Å²) in [5, 5.41) is 4.03. The van der Waals surface area contributed by atoms with E-state index in [-0.39, 0.29) is 0 Å². The first kappa shape index (κ1) is 11.2. The summed E-state index contributed by atoms with van der Waals surface area (Å²) in [6.07, 6.45) is 2.30. The molecule has 0 bridgehead atoms. The van der Waals surface area contributed by atoms with Gasteiger partial charge in [0.25, 0.3) is 0 Å². The topological polar surface area (TPSA) is 29.1 Å². The van der Waals surface area contributed by atoms with E-state index in [2.05, 4.69) is 26.1 Å². The van der Waals surface area contributed by atoms with Gasteiger partial charge in [-0.3, -0.25) is 4.21 Å². The van der Waals surface area contributed by atoms with E-state index in [0.717, 1.165) is 6.42 Å². The number of hydrogen-bond donors (Lipinski definition) is 1. The Labute approximate surface area is 83.9 Å². The summed E-state index contributed by atoms with van der Waals surface area (Å²) in [4.78, 5) is 0. The molecule has 0 aromatic carbocycles. The first-order valence-electron chi connectivity index (χ1n) is 5.14. The van der Waals surface area contributed by atoms with Crippen LogP contribution in [0.4, 0.5) is 0 Å². The number of nitrogens with one attached hydrogen (secondary N) is 1. The van der Waals surface area contributed by atoms with Crippen molar-refractivity contribution in [1.82, 2.24) is 5.32 Å². The zero-order valence-electron chi connectivity index (χ0n) is 9.04. The lowest BCUT2D eigenvalue weighted by atomic mass is 10.1. The van der Waals surface area contributed by atoms with Crippen LogP contribution in [0, 0.1) is 5.92 Å². The molecule has 1 saturated carbocycles. The zero-order valence-corrected chi connectivity index (χ0v) is 9.86. The van der Waals surface area contributed by atoms with Crippen LogP contribution in [0.15, 0.2) is 0 Å². The molecule has 0 saturated heterocycles. The Morgan fingerprint density at radius 2 is 2.00 bits per heavy atom. The summed E-state index contributed by atoms with van der Waals surface area (Å²) in [7, 11) is 1.36. The molecule has 1 aliphatic carbocycles. The zero-order chi connectivity index (χ0) is 10.0. The molecule has 13 heavy (non-hydrogen) atoms. The van der Waals surface area contributed by atoms with Crippen LogP contribution in [-0.2, 0) is 10.8 Å². The molecule has 78 valence electrons. The van der Waals surface area contributed by atoms with Crippen molar-refractivity contribution in [3.05, 3.63) is 0 Å². The first-order chi connectivity index (χ1) is 6.07. The van der Waals surface area contributed by atoms with E-state index in [4.69, 9.17) is 0 Å². The standard InChI is InChI=1S/C10H21NOS/c1-7(2)13(12)10-6-5-9(11-4)8(10)3/h7-11H,5-6H2,1-4H3. The van der Waals surface area contributed by atoms with Gasteiger partial charge in [-0.15, -0.1) is 0 Å². The van der Waals surface area contributed by atoms with Gasteiger partial charge in [-0.1, -0.05) is 20.8 Å². The van der Waals surface area contributed by atoms with E-state index in [1.807, 2.05) is 7.05 Å². The van der Waals surface area contributed by atoms with E-state index in [1.54, 1.807) is 0 Å². The maximum absolute atomic E-state index is 11.9. The van der Waals surface area contributed by atoms with Crippen molar-refractivity contribution in [3.8, 4) is 0 Å². The van der Waals surface area contributed by atoms with E-state index in [9.17, 15) is 4.21 Å². The minimum Gasteiger partial charge on any atom is -0.317 e. The smallest absolute Gasteiger partial charge is 0.0391 e. The van der Waals surface area contributed by atoms with E-state index in [0.29, 0.717) is 22.5 Å². The van der Waals surface area contributed by atoms with Gasteiger partial charge in [0.2, 0.25) is 0 Å². The molecule has 0 heterocycles. The quantitative estimate of drug-likeness (QED) is 0.753. The Kier molecular flexibility index (Phi) is 3.92. The average Bonchev–Trinajstić information content (AvgIpc) is 2.45. The van der Waals surface area contributed by atoms with E-state index < -0.39 is 10.8 Å². The minimum atomic E-state index is -0.639. The monoisotopic (exact) mass is 203 g/mol. The van der Waals surface area contributed by atoms with Crippen LogP contribution in [0.25, 0.3) is 0 Å². The molecule has 2 nitrogen and oxygen atoms in total. The highest BCUT2D eigenvalue weighted by atomic mass is 32.2. The molecule has 0 aromatic heterocycles. The van der Waals surface area contributed by atoms with Crippen molar-refractivity contribution < 1.29 is 4.21 Å². The largest absolute Gasteiger partial charge is 0.317 e. The predicted molar refractivity (Wildman–Crippen MR) is 58.3 cm³/mol. The predicted octanol–water partition coefficient (Wildman–Crippen LogP) is 1.53. The summed E-state index contributed by atoms with van der Waals surface area (Å²) < 4.78 is 11.9. The van der Waals surface area contributed by atoms with Crippen LogP contribution < -0.4 is 5.32 Å². The van der Waals surface area contributed by atoms with Crippen molar-refractivity contribution in [2.24, 2.45) is 5.92 Å². The lowest BCUT2D eigenvalue weighted by Gasteiger charge is -2.21. The van der Waals surface area contributed by atoms with Gasteiger partial charge in [-0.05, 0) is 25.8 Å². The molecule has 1 N–H and O–H groups in total. The molecule has 1 fully saturated rings. The maximum Gasteiger partial charge on any atom is 0.0391 e. The maximum atomic E-state index is 11.9. The molecular weight excluding hydrogens is 182 g/mol. The molecule has 0 radical (unpaired) electrons. The van der Waals surface area contributed by atoms with Crippen LogP contribution in [0.1, 0.15) is 33.6 Å². The Hall–Kier alpha value is 0.110. The molecule has 4 atom stereocenters. The lowest BCUT2D eigenvalue weighted by Crippen LogP contribution is -2.34. The van der Waals surface area contributed by atoms with Gasteiger partial charge in [0, 0.05) is 27.3 Å². The third kappa shape index (κ3) is 2.32. The van der Waals surface area contributed by atoms with Gasteiger partial charge >= 0.3 is 0 Å². The van der Waals surface area contributed by atoms with Crippen LogP contribution in [0.2, 0.25) is 0 Å². The summed E-state index contributed by atoms with van der Waals surface area (Å²) in [6, 6.07) is 0.577. The Morgan fingerprint density at radius 3 is 2.38 bits per heavy atom. The highest BCUT2D eigenvalue weighted by Gasteiger charge is 2.36. The highest BCUT2D eigenvalue weighted by Crippen LogP contribution is 2.30. The molecule has 0 aliphatic heterocycles. The SMILES string of the molecule is CNC1CCC(S(=O)C(C)C)C1C. The highest BCUT2D eigenvalue weighted by molar-refractivity contribution is 7.86. The molecule has 1 aliphatic rings. The van der Waals surface area contributed by atoms with Crippen molar-refractivity contribution in [1.29, 1.82) is 0 Å². The molecule has 3 heteroatoms. The second-order valence-electron chi connectivity index (χ2n) is 4.25. The third-order valence-corrected chi connectivity index (χ3v) is 5.31. The summed E-state index contributed by atoms with van der Waals surface area (Å²) in [5.41, 5.74) is 0. The van der Waals surface area contributed by atoms with Gasteiger partial charge in [-0.25, -0.2) is 0 Å². The first-order valence-corrected chi connectivity index (χ1v) is 6.42. The second kappa shape index (κ2) is 4.56. The van der Waals surface area contributed by atoms with Crippen LogP contribution in [0.3, 0.4) is 0 Å². The molecule has 0 amide bonds. The molecule has 4 unspecified atom stereocenters. The van der Waals surface area contributed by atoms with Crippen molar-refractivity contribution in [3.63, 3.8) is 0 Å². The normalized spacial score (nSPS) is 36.8. The van der Waals surface area contributed by atoms with Crippen LogP contribution >= 0.6 is 0 Å². The fourth-order valence-corrected chi connectivity index (χ4v) is 3.89. The Morgan fingerprint density at radius 1 is 1.38 bits per heavy atom. The molecule has 0 aromatic rings. The minimum absolute atomic E-state index is 0.308. The van der Waals surface area contributed by atoms with Gasteiger partial charge in [0.15, 0.2) is 0 Å².